The van der Waals surface area contributed by atoms with Crippen molar-refractivity contribution in [2.24, 2.45) is 5.92 Å². The fourth-order valence-corrected chi connectivity index (χ4v) is 2.68. The molecule has 2 nitrogen and oxygen atoms in total. The van der Waals surface area contributed by atoms with Crippen molar-refractivity contribution in [2.75, 3.05) is 0 Å². The third kappa shape index (κ3) is 2.99. The molecule has 0 bridgehead atoms. The number of para-hydroxylation sites is 2. The molecule has 108 valence electrons. The van der Waals surface area contributed by atoms with Crippen LogP contribution in [0, 0.1) is 5.92 Å². The highest BCUT2D eigenvalue weighted by Gasteiger charge is 2.12. The van der Waals surface area contributed by atoms with Crippen molar-refractivity contribution in [3.05, 3.63) is 66.0 Å². The Morgan fingerprint density at radius 3 is 2.48 bits per heavy atom. The number of hydrogen-bond donors (Lipinski definition) is 0. The van der Waals surface area contributed by atoms with Crippen molar-refractivity contribution in [2.45, 2.75) is 33.2 Å². The van der Waals surface area contributed by atoms with Crippen LogP contribution in [0.15, 0.2) is 54.6 Å². The lowest BCUT2D eigenvalue weighted by Crippen LogP contribution is -2.10. The van der Waals surface area contributed by atoms with Gasteiger partial charge in [-0.25, -0.2) is 4.98 Å². The summed E-state index contributed by atoms with van der Waals surface area (Å²) in [6.07, 6.45) is 2.09. The highest BCUT2D eigenvalue weighted by atomic mass is 15.1. The lowest BCUT2D eigenvalue weighted by molar-refractivity contribution is 0.467. The Balaban J connectivity index is 2.02. The summed E-state index contributed by atoms with van der Waals surface area (Å²) < 4.78 is 2.40. The van der Waals surface area contributed by atoms with Crippen molar-refractivity contribution >= 4 is 11.0 Å². The monoisotopic (exact) mass is 278 g/mol. The molecule has 0 radical (unpaired) electrons. The standard InChI is InChI=1S/C19H22N2/c1-3-15(2)14-21-18-12-8-7-11-17(18)20-19(21)13-16-9-5-4-6-10-16/h4-12,15H,3,13-14H2,1-2H3/t15-/m0/s1. The number of imidazole rings is 1. The van der Waals surface area contributed by atoms with Gasteiger partial charge in [0, 0.05) is 13.0 Å². The van der Waals surface area contributed by atoms with Crippen molar-refractivity contribution in [3.8, 4) is 0 Å². The van der Waals surface area contributed by atoms with Crippen LogP contribution in [0.4, 0.5) is 0 Å². The molecule has 1 aromatic heterocycles. The molecule has 0 N–H and O–H groups in total. The zero-order valence-electron chi connectivity index (χ0n) is 12.8. The quantitative estimate of drug-likeness (QED) is 0.663. The molecule has 0 unspecified atom stereocenters. The first-order valence-corrected chi connectivity index (χ1v) is 7.76. The van der Waals surface area contributed by atoms with Gasteiger partial charge in [-0.3, -0.25) is 0 Å². The van der Waals surface area contributed by atoms with E-state index in [9.17, 15) is 0 Å². The molecule has 0 aliphatic carbocycles. The van der Waals surface area contributed by atoms with Crippen LogP contribution in [0.5, 0.6) is 0 Å². The molecule has 0 saturated carbocycles. The van der Waals surface area contributed by atoms with Gasteiger partial charge in [-0.1, -0.05) is 62.7 Å². The number of rotatable bonds is 5. The number of fused-ring (bicyclic) bond motifs is 1. The summed E-state index contributed by atoms with van der Waals surface area (Å²) in [5.41, 5.74) is 3.67. The third-order valence-corrected chi connectivity index (χ3v) is 4.13. The van der Waals surface area contributed by atoms with E-state index in [1.54, 1.807) is 0 Å². The van der Waals surface area contributed by atoms with Crippen LogP contribution >= 0.6 is 0 Å². The summed E-state index contributed by atoms with van der Waals surface area (Å²) in [7, 11) is 0. The summed E-state index contributed by atoms with van der Waals surface area (Å²) in [5.74, 6) is 1.83. The molecule has 1 heterocycles. The molecular weight excluding hydrogens is 256 g/mol. The van der Waals surface area contributed by atoms with E-state index in [2.05, 4.69) is 73.0 Å². The Morgan fingerprint density at radius 2 is 1.71 bits per heavy atom. The average molecular weight is 278 g/mol. The van der Waals surface area contributed by atoms with E-state index < -0.39 is 0 Å². The average Bonchev–Trinajstić information content (AvgIpc) is 2.86. The summed E-state index contributed by atoms with van der Waals surface area (Å²) in [6.45, 7) is 5.60. The lowest BCUT2D eigenvalue weighted by Gasteiger charge is -2.14. The first-order valence-electron chi connectivity index (χ1n) is 7.76. The predicted molar refractivity (Wildman–Crippen MR) is 88.4 cm³/mol. The maximum atomic E-state index is 4.86. The van der Waals surface area contributed by atoms with E-state index in [4.69, 9.17) is 4.98 Å². The van der Waals surface area contributed by atoms with Crippen molar-refractivity contribution in [1.82, 2.24) is 9.55 Å². The van der Waals surface area contributed by atoms with Crippen LogP contribution in [0.2, 0.25) is 0 Å². The molecule has 3 aromatic rings. The number of nitrogens with zero attached hydrogens (tertiary/aromatic N) is 2. The molecule has 1 atom stereocenters. The number of benzene rings is 2. The van der Waals surface area contributed by atoms with Crippen LogP contribution in [0.25, 0.3) is 11.0 Å². The van der Waals surface area contributed by atoms with E-state index in [1.165, 1.54) is 23.3 Å². The van der Waals surface area contributed by atoms with Gasteiger partial charge in [-0.05, 0) is 23.6 Å². The highest BCUT2D eigenvalue weighted by Crippen LogP contribution is 2.20. The highest BCUT2D eigenvalue weighted by molar-refractivity contribution is 5.76. The molecule has 3 rings (SSSR count). The minimum atomic E-state index is 0.664. The Hall–Kier alpha value is -2.09. The summed E-state index contributed by atoms with van der Waals surface area (Å²) in [5, 5.41) is 0. The molecule has 0 saturated heterocycles. The molecule has 0 amide bonds. The van der Waals surface area contributed by atoms with Crippen LogP contribution in [-0.4, -0.2) is 9.55 Å². The Bertz CT molecular complexity index is 713. The van der Waals surface area contributed by atoms with E-state index in [-0.39, 0.29) is 0 Å². The maximum Gasteiger partial charge on any atom is 0.114 e. The van der Waals surface area contributed by atoms with E-state index in [1.807, 2.05) is 0 Å². The van der Waals surface area contributed by atoms with Gasteiger partial charge in [0.25, 0.3) is 0 Å². The van der Waals surface area contributed by atoms with E-state index >= 15 is 0 Å². The third-order valence-electron chi connectivity index (χ3n) is 4.13. The normalized spacial score (nSPS) is 12.7. The molecule has 2 aromatic carbocycles. The molecule has 0 aliphatic heterocycles. The second-order valence-corrected chi connectivity index (χ2v) is 5.80. The van der Waals surface area contributed by atoms with Crippen LogP contribution in [-0.2, 0) is 13.0 Å². The van der Waals surface area contributed by atoms with Crippen molar-refractivity contribution in [1.29, 1.82) is 0 Å². The van der Waals surface area contributed by atoms with E-state index in [0.717, 1.165) is 18.5 Å². The minimum absolute atomic E-state index is 0.664. The molecule has 0 aliphatic rings. The zero-order valence-corrected chi connectivity index (χ0v) is 12.8. The van der Waals surface area contributed by atoms with Gasteiger partial charge in [0.2, 0.25) is 0 Å². The van der Waals surface area contributed by atoms with Gasteiger partial charge >= 0.3 is 0 Å². The predicted octanol–water partition coefficient (Wildman–Crippen LogP) is 4.67. The van der Waals surface area contributed by atoms with Gasteiger partial charge in [-0.2, -0.15) is 0 Å². The van der Waals surface area contributed by atoms with Crippen LogP contribution in [0.3, 0.4) is 0 Å². The van der Waals surface area contributed by atoms with Crippen molar-refractivity contribution in [3.63, 3.8) is 0 Å². The van der Waals surface area contributed by atoms with Crippen LogP contribution < -0.4 is 0 Å². The summed E-state index contributed by atoms with van der Waals surface area (Å²) in [6, 6.07) is 19.0. The molecule has 21 heavy (non-hydrogen) atoms. The fourth-order valence-electron chi connectivity index (χ4n) is 2.68. The molecule has 0 fully saturated rings. The second-order valence-electron chi connectivity index (χ2n) is 5.80. The first kappa shape index (κ1) is 13.9. The van der Waals surface area contributed by atoms with Gasteiger partial charge in [0.05, 0.1) is 11.0 Å². The summed E-state index contributed by atoms with van der Waals surface area (Å²) >= 11 is 0. The Kier molecular flexibility index (Phi) is 4.05. The number of aromatic nitrogens is 2. The van der Waals surface area contributed by atoms with Gasteiger partial charge < -0.3 is 4.57 Å². The first-order chi connectivity index (χ1) is 10.3. The fraction of sp³-hybridized carbons (Fsp3) is 0.316. The largest absolute Gasteiger partial charge is 0.327 e. The molecule has 0 spiro atoms. The SMILES string of the molecule is CC[C@H](C)Cn1c(Cc2ccccc2)nc2ccccc21. The van der Waals surface area contributed by atoms with Gasteiger partial charge in [-0.15, -0.1) is 0 Å². The second kappa shape index (κ2) is 6.13. The molecular formula is C19H22N2. The number of hydrogen-bond acceptors (Lipinski definition) is 1. The zero-order chi connectivity index (χ0) is 14.7. The Labute approximate surface area is 126 Å². The minimum Gasteiger partial charge on any atom is -0.327 e. The van der Waals surface area contributed by atoms with E-state index in [0.29, 0.717) is 5.92 Å². The van der Waals surface area contributed by atoms with Gasteiger partial charge in [0.1, 0.15) is 5.82 Å². The lowest BCUT2D eigenvalue weighted by atomic mass is 10.1. The summed E-state index contributed by atoms with van der Waals surface area (Å²) in [4.78, 5) is 4.86. The van der Waals surface area contributed by atoms with Gasteiger partial charge in [0.15, 0.2) is 0 Å². The maximum absolute atomic E-state index is 4.86. The topological polar surface area (TPSA) is 17.8 Å². The molecule has 2 heteroatoms. The Morgan fingerprint density at radius 1 is 1.00 bits per heavy atom. The smallest absolute Gasteiger partial charge is 0.114 e. The van der Waals surface area contributed by atoms with Crippen LogP contribution in [0.1, 0.15) is 31.7 Å². The van der Waals surface area contributed by atoms with Crippen molar-refractivity contribution < 1.29 is 0 Å².